The summed E-state index contributed by atoms with van der Waals surface area (Å²) in [4.78, 5) is 66.7. The highest BCUT2D eigenvalue weighted by atomic mass is 16.5. The van der Waals surface area contributed by atoms with Crippen molar-refractivity contribution in [1.82, 2.24) is 9.80 Å². The van der Waals surface area contributed by atoms with Crippen LogP contribution in [0.15, 0.2) is 121 Å². The van der Waals surface area contributed by atoms with Crippen molar-refractivity contribution in [3.05, 3.63) is 166 Å². The monoisotopic (exact) mass is 1430 g/mol. The lowest BCUT2D eigenvalue weighted by atomic mass is 9.80. The van der Waals surface area contributed by atoms with Crippen LogP contribution in [0, 0.1) is 0 Å². The largest absolute Gasteiger partial charge is 0.457 e. The highest BCUT2D eigenvalue weighted by Gasteiger charge is 2.42. The summed E-state index contributed by atoms with van der Waals surface area (Å²) in [5.41, 5.74) is 5.03. The molecule has 0 aromatic heterocycles. The predicted octanol–water partition coefficient (Wildman–Crippen LogP) is 28.3. The summed E-state index contributed by atoms with van der Waals surface area (Å²) in [6, 6.07) is 39.5. The molecule has 0 aliphatic carbocycles. The van der Waals surface area contributed by atoms with Gasteiger partial charge in [0.2, 0.25) is 0 Å². The third-order valence-electron chi connectivity index (χ3n) is 22.3. The van der Waals surface area contributed by atoms with Crippen molar-refractivity contribution >= 4 is 66.7 Å². The number of nitrogens with zero attached hydrogens (tertiary/aromatic N) is 2. The molecule has 0 N–H and O–H groups in total. The Morgan fingerprint density at radius 3 is 0.594 bits per heavy atom. The topological polar surface area (TPSA) is 112 Å². The van der Waals surface area contributed by atoms with Gasteiger partial charge in [0.1, 0.15) is 46.0 Å². The summed E-state index contributed by atoms with van der Waals surface area (Å²) in [7, 11) is 0. The van der Waals surface area contributed by atoms with Crippen LogP contribution in [0.3, 0.4) is 0 Å². The molecular weight excluding hydrogens is 1310 g/mol. The summed E-state index contributed by atoms with van der Waals surface area (Å²) in [5, 5.41) is 3.93. The van der Waals surface area contributed by atoms with Crippen molar-refractivity contribution in [1.29, 1.82) is 0 Å². The Morgan fingerprint density at radius 2 is 0.415 bits per heavy atom. The molecule has 2 heterocycles. The first kappa shape index (κ1) is 78.8. The number of ether oxygens (including phenoxy) is 4. The summed E-state index contributed by atoms with van der Waals surface area (Å²) in [6.07, 6.45) is 33.1. The van der Waals surface area contributed by atoms with E-state index < -0.39 is 23.6 Å². The molecule has 2 aliphatic heterocycles. The van der Waals surface area contributed by atoms with E-state index in [-0.39, 0.29) is 34.7 Å². The molecule has 0 fully saturated rings. The van der Waals surface area contributed by atoms with E-state index >= 15 is 19.2 Å². The van der Waals surface area contributed by atoms with Crippen LogP contribution in [0.4, 0.5) is 0 Å². The molecule has 2 aliphatic rings. The summed E-state index contributed by atoms with van der Waals surface area (Å²) < 4.78 is 29.6. The molecular formula is C96H122N2O8. The lowest BCUT2D eigenvalue weighted by Gasteiger charge is -2.32. The van der Waals surface area contributed by atoms with Crippen LogP contribution in [0.1, 0.15) is 340 Å². The van der Waals surface area contributed by atoms with E-state index in [0.717, 1.165) is 60.8 Å². The lowest BCUT2D eigenvalue weighted by molar-refractivity contribution is 0.0592. The third kappa shape index (κ3) is 18.5. The Labute approximate surface area is 634 Å². The average Bonchev–Trinajstić information content (AvgIpc) is 0.672. The molecule has 11 rings (SSSR count). The molecule has 0 saturated heterocycles. The van der Waals surface area contributed by atoms with Gasteiger partial charge in [-0.1, -0.05) is 312 Å². The summed E-state index contributed by atoms with van der Waals surface area (Å²) in [5.74, 6) is 1.67. The van der Waals surface area contributed by atoms with E-state index in [0.29, 0.717) is 124 Å². The fourth-order valence-electron chi connectivity index (χ4n) is 15.9. The maximum Gasteiger partial charge on any atom is 0.261 e. The maximum absolute atomic E-state index is 15.9. The van der Waals surface area contributed by atoms with Crippen molar-refractivity contribution in [2.75, 3.05) is 13.1 Å². The van der Waals surface area contributed by atoms with Crippen LogP contribution >= 0.6 is 0 Å². The van der Waals surface area contributed by atoms with Gasteiger partial charge in [0.15, 0.2) is 0 Å². The number of carbonyl (C=O) groups is 4. The zero-order valence-electron chi connectivity index (χ0n) is 66.9. The second-order valence-corrected chi connectivity index (χ2v) is 34.9. The van der Waals surface area contributed by atoms with Gasteiger partial charge in [0, 0.05) is 56.2 Å². The van der Waals surface area contributed by atoms with E-state index in [9.17, 15) is 0 Å². The van der Waals surface area contributed by atoms with Crippen molar-refractivity contribution in [3.63, 3.8) is 0 Å². The fourth-order valence-corrected chi connectivity index (χ4v) is 15.9. The smallest absolute Gasteiger partial charge is 0.261 e. The number of unbranched alkanes of at least 4 members (excludes halogenated alkanes) is 26. The van der Waals surface area contributed by atoms with E-state index in [1.54, 1.807) is 0 Å². The minimum absolute atomic E-state index is 0.163. The lowest BCUT2D eigenvalue weighted by Crippen LogP contribution is -2.41. The van der Waals surface area contributed by atoms with Crippen molar-refractivity contribution in [3.8, 4) is 46.0 Å². The molecule has 9 aromatic carbocycles. The van der Waals surface area contributed by atoms with Crippen LogP contribution in [0.25, 0.3) is 43.1 Å². The normalized spacial score (nSPS) is 13.6. The van der Waals surface area contributed by atoms with Crippen LogP contribution in [0.5, 0.6) is 46.0 Å². The van der Waals surface area contributed by atoms with Gasteiger partial charge in [-0.25, -0.2) is 0 Å². The Bertz CT molecular complexity index is 3960. The molecule has 0 atom stereocenters. The zero-order valence-corrected chi connectivity index (χ0v) is 66.9. The molecule has 0 radical (unpaired) electrons. The summed E-state index contributed by atoms with van der Waals surface area (Å²) in [6.45, 7) is 31.1. The third-order valence-corrected chi connectivity index (χ3v) is 22.3. The van der Waals surface area contributed by atoms with Crippen LogP contribution in [-0.2, 0) is 21.7 Å². The molecule has 106 heavy (non-hydrogen) atoms. The highest BCUT2D eigenvalue weighted by Crippen LogP contribution is 2.58. The predicted molar refractivity (Wildman–Crippen MR) is 440 cm³/mol. The number of hydrogen-bond donors (Lipinski definition) is 0. The number of hydrogen-bond acceptors (Lipinski definition) is 8. The van der Waals surface area contributed by atoms with E-state index in [1.165, 1.54) is 138 Å². The van der Waals surface area contributed by atoms with Gasteiger partial charge in [-0.15, -0.1) is 0 Å². The number of amides is 4. The standard InChI is InChI=1S/C96H122N2O8/c1-15-17-19-21-23-25-27-29-31-33-35-37-39-41-59-97-89(99)73-61-77(103-69-51-43-65(44-52-69)93(3,4)5)83-85-79(105-71-55-47-67(48-56-71)95(9,10)11)63-75-82-76(92(102)98(91(75)101)60-42-40-38-36-34-32-30-28-26-24-22-20-18-16-2)64-80(106-72-57-49-68(50-58-72)96(12,13)14)86(88(82)85)84-78(62-74(90(97)100)81(73)87(83)84)104-70-53-45-66(46-54-70)94(6,7)8/h43-58,61-64H,15-42,59-60H2,1-14H3. The molecule has 0 spiro atoms. The fraction of sp³-hybridized carbons (Fsp3) is 0.500. The second kappa shape index (κ2) is 34.8. The number of rotatable bonds is 38. The van der Waals surface area contributed by atoms with E-state index in [2.05, 4.69) is 145 Å². The van der Waals surface area contributed by atoms with Gasteiger partial charge >= 0.3 is 0 Å². The maximum atomic E-state index is 15.9. The molecule has 0 unspecified atom stereocenters. The molecule has 0 bridgehead atoms. The number of carbonyl (C=O) groups excluding carboxylic acids is 4. The Balaban J connectivity index is 1.10. The second-order valence-electron chi connectivity index (χ2n) is 34.9. The van der Waals surface area contributed by atoms with Crippen molar-refractivity contribution in [2.45, 2.75) is 298 Å². The number of fused-ring (bicyclic) bond motifs is 2. The Hall–Kier alpha value is -8.24. The molecule has 9 aromatic rings. The van der Waals surface area contributed by atoms with Gasteiger partial charge in [-0.05, 0) is 130 Å². The highest BCUT2D eigenvalue weighted by molar-refractivity contribution is 6.44. The van der Waals surface area contributed by atoms with Crippen LogP contribution < -0.4 is 18.9 Å². The van der Waals surface area contributed by atoms with Crippen LogP contribution in [-0.4, -0.2) is 46.5 Å². The van der Waals surface area contributed by atoms with Gasteiger partial charge in [0.05, 0.1) is 22.3 Å². The zero-order chi connectivity index (χ0) is 75.5. The first-order valence-electron chi connectivity index (χ1n) is 41.0. The van der Waals surface area contributed by atoms with Crippen molar-refractivity contribution < 1.29 is 38.1 Å². The van der Waals surface area contributed by atoms with Gasteiger partial charge in [-0.3, -0.25) is 29.0 Å². The van der Waals surface area contributed by atoms with Crippen LogP contribution in [0.2, 0.25) is 0 Å². The average molecular weight is 1430 g/mol. The Kier molecular flexibility index (Phi) is 25.8. The van der Waals surface area contributed by atoms with Gasteiger partial charge in [-0.2, -0.15) is 0 Å². The molecule has 564 valence electrons. The first-order chi connectivity index (χ1) is 50.8. The van der Waals surface area contributed by atoms with E-state index in [4.69, 9.17) is 18.9 Å². The summed E-state index contributed by atoms with van der Waals surface area (Å²) >= 11 is 0. The quantitative estimate of drug-likeness (QED) is 0.0163. The molecule has 10 nitrogen and oxygen atoms in total. The Morgan fingerprint density at radius 1 is 0.236 bits per heavy atom. The minimum atomic E-state index is -0.416. The first-order valence-corrected chi connectivity index (χ1v) is 41.0. The number of imide groups is 2. The van der Waals surface area contributed by atoms with Gasteiger partial charge in [0.25, 0.3) is 23.6 Å². The minimum Gasteiger partial charge on any atom is -0.457 e. The van der Waals surface area contributed by atoms with Gasteiger partial charge < -0.3 is 18.9 Å². The molecule has 10 heteroatoms. The van der Waals surface area contributed by atoms with E-state index in [1.807, 2.05) is 72.8 Å². The molecule has 0 saturated carbocycles. The SMILES string of the molecule is CCCCCCCCCCCCCCCCN1C(=O)c2cc(Oc3ccc(C(C)(C)C)cc3)c3c4c(Oc5ccc(C(C)(C)C)cc5)cc5c6c(cc(Oc7ccc(C(C)(C)C)cc7)c(c7c(Oc8ccc(C(C)(C)C)cc8)cc(c2c37)C1=O)c64)C(=O)N(CCCCCCCCCCCCCCCC)C5=O. The molecule has 4 amide bonds. The van der Waals surface area contributed by atoms with Crippen molar-refractivity contribution in [2.24, 2.45) is 0 Å². The number of benzene rings is 9.